The molecule has 0 saturated carbocycles. The van der Waals surface area contributed by atoms with Gasteiger partial charge in [-0.15, -0.1) is 0 Å². The molecule has 2 atom stereocenters. The fourth-order valence-corrected chi connectivity index (χ4v) is 2.34. The van der Waals surface area contributed by atoms with Gasteiger partial charge in [-0.05, 0) is 43.3 Å². The number of pyridine rings is 1. The van der Waals surface area contributed by atoms with E-state index >= 15 is 0 Å². The largest absolute Gasteiger partial charge is 0.489 e. The number of aromatic nitrogens is 1. The van der Waals surface area contributed by atoms with E-state index in [2.05, 4.69) is 23.3 Å². The van der Waals surface area contributed by atoms with Gasteiger partial charge in [-0.2, -0.15) is 0 Å². The number of rotatable bonds is 6. The number of halogens is 1. The molecule has 106 valence electrons. The molecule has 1 aromatic heterocycles. The van der Waals surface area contributed by atoms with Gasteiger partial charge in [0.05, 0.1) is 6.04 Å². The number of ether oxygens (including phenoxy) is 1. The SMILES string of the molecule is CCNC(c1cccnc1)C(C)Oc1cccc(Cl)c1. The minimum absolute atomic E-state index is 0.0300. The topological polar surface area (TPSA) is 34.2 Å². The Hall–Kier alpha value is -1.58. The van der Waals surface area contributed by atoms with Crippen molar-refractivity contribution in [2.45, 2.75) is 26.0 Å². The van der Waals surface area contributed by atoms with Gasteiger partial charge in [0.1, 0.15) is 11.9 Å². The highest BCUT2D eigenvalue weighted by molar-refractivity contribution is 6.30. The lowest BCUT2D eigenvalue weighted by Gasteiger charge is -2.26. The molecule has 0 aliphatic carbocycles. The second-order valence-electron chi connectivity index (χ2n) is 4.60. The van der Waals surface area contributed by atoms with Gasteiger partial charge in [-0.3, -0.25) is 4.98 Å². The highest BCUT2D eigenvalue weighted by atomic mass is 35.5. The first kappa shape index (κ1) is 14.8. The van der Waals surface area contributed by atoms with Crippen LogP contribution in [-0.4, -0.2) is 17.6 Å². The predicted molar refractivity (Wildman–Crippen MR) is 82.2 cm³/mol. The van der Waals surface area contributed by atoms with Gasteiger partial charge in [-0.1, -0.05) is 30.7 Å². The molecule has 1 N–H and O–H groups in total. The molecule has 0 spiro atoms. The summed E-state index contributed by atoms with van der Waals surface area (Å²) in [5.74, 6) is 0.775. The highest BCUT2D eigenvalue weighted by Crippen LogP contribution is 2.23. The molecule has 0 aliphatic heterocycles. The standard InChI is InChI=1S/C16H19ClN2O/c1-3-19-16(13-6-5-9-18-11-13)12(2)20-15-8-4-7-14(17)10-15/h4-12,16,19H,3H2,1-2H3. The Balaban J connectivity index is 2.13. The summed E-state index contributed by atoms with van der Waals surface area (Å²) in [6.07, 6.45) is 3.61. The third kappa shape index (κ3) is 3.95. The Bertz CT molecular complexity index is 533. The average molecular weight is 291 g/mol. The number of benzene rings is 1. The Morgan fingerprint density at radius 2 is 2.15 bits per heavy atom. The number of hydrogen-bond donors (Lipinski definition) is 1. The number of hydrogen-bond acceptors (Lipinski definition) is 3. The Labute approximate surface area is 124 Å². The normalized spacial score (nSPS) is 13.8. The van der Waals surface area contributed by atoms with Crippen LogP contribution in [0.3, 0.4) is 0 Å². The van der Waals surface area contributed by atoms with Gasteiger partial charge in [0.2, 0.25) is 0 Å². The summed E-state index contributed by atoms with van der Waals surface area (Å²) in [6.45, 7) is 4.99. The molecule has 4 heteroatoms. The Morgan fingerprint density at radius 3 is 2.80 bits per heavy atom. The molecule has 20 heavy (non-hydrogen) atoms. The van der Waals surface area contributed by atoms with E-state index in [1.807, 2.05) is 43.5 Å². The Morgan fingerprint density at radius 1 is 1.30 bits per heavy atom. The van der Waals surface area contributed by atoms with Gasteiger partial charge in [0, 0.05) is 17.4 Å². The minimum atomic E-state index is -0.0300. The van der Waals surface area contributed by atoms with Crippen molar-refractivity contribution in [3.05, 3.63) is 59.4 Å². The first-order valence-corrected chi connectivity index (χ1v) is 7.14. The van der Waals surface area contributed by atoms with Crippen LogP contribution in [0.5, 0.6) is 5.75 Å². The molecule has 0 aliphatic rings. The van der Waals surface area contributed by atoms with Crippen molar-refractivity contribution in [2.75, 3.05) is 6.54 Å². The second-order valence-corrected chi connectivity index (χ2v) is 5.04. The van der Waals surface area contributed by atoms with Gasteiger partial charge >= 0.3 is 0 Å². The summed E-state index contributed by atoms with van der Waals surface area (Å²) in [7, 11) is 0. The fourth-order valence-electron chi connectivity index (χ4n) is 2.16. The van der Waals surface area contributed by atoms with Crippen LogP contribution in [0.25, 0.3) is 0 Å². The molecule has 0 amide bonds. The zero-order chi connectivity index (χ0) is 14.4. The Kier molecular flexibility index (Phi) is 5.39. The molecular weight excluding hydrogens is 272 g/mol. The van der Waals surface area contributed by atoms with Gasteiger partial charge in [0.15, 0.2) is 0 Å². The molecule has 0 saturated heterocycles. The minimum Gasteiger partial charge on any atom is -0.489 e. The zero-order valence-electron chi connectivity index (χ0n) is 11.7. The van der Waals surface area contributed by atoms with Crippen molar-refractivity contribution >= 4 is 11.6 Å². The zero-order valence-corrected chi connectivity index (χ0v) is 12.5. The first-order valence-electron chi connectivity index (χ1n) is 6.76. The van der Waals surface area contributed by atoms with Crippen molar-refractivity contribution in [1.29, 1.82) is 0 Å². The number of nitrogens with one attached hydrogen (secondary N) is 1. The summed E-state index contributed by atoms with van der Waals surface area (Å²) in [5, 5.41) is 4.11. The maximum atomic E-state index is 5.99. The second kappa shape index (κ2) is 7.27. The molecule has 0 fully saturated rings. The van der Waals surface area contributed by atoms with Crippen molar-refractivity contribution in [3.63, 3.8) is 0 Å². The van der Waals surface area contributed by atoms with E-state index < -0.39 is 0 Å². The lowest BCUT2D eigenvalue weighted by molar-refractivity contribution is 0.171. The van der Waals surface area contributed by atoms with E-state index in [1.54, 1.807) is 6.20 Å². The summed E-state index contributed by atoms with van der Waals surface area (Å²) >= 11 is 5.98. The van der Waals surface area contributed by atoms with Crippen LogP contribution < -0.4 is 10.1 Å². The molecule has 2 unspecified atom stereocenters. The van der Waals surface area contributed by atoms with Crippen LogP contribution in [-0.2, 0) is 0 Å². The van der Waals surface area contributed by atoms with Crippen molar-refractivity contribution in [2.24, 2.45) is 0 Å². The molecule has 1 heterocycles. The van der Waals surface area contributed by atoms with E-state index in [9.17, 15) is 0 Å². The molecule has 0 radical (unpaired) electrons. The van der Waals surface area contributed by atoms with Crippen molar-refractivity contribution < 1.29 is 4.74 Å². The fraction of sp³-hybridized carbons (Fsp3) is 0.312. The van der Waals surface area contributed by atoms with Crippen LogP contribution >= 0.6 is 11.6 Å². The smallest absolute Gasteiger partial charge is 0.121 e. The van der Waals surface area contributed by atoms with Crippen LogP contribution in [0.4, 0.5) is 0 Å². The van der Waals surface area contributed by atoms with Crippen LogP contribution in [0.1, 0.15) is 25.5 Å². The number of likely N-dealkylation sites (N-methyl/N-ethyl adjacent to an activating group) is 1. The quantitative estimate of drug-likeness (QED) is 0.877. The maximum Gasteiger partial charge on any atom is 0.121 e. The van der Waals surface area contributed by atoms with Crippen LogP contribution in [0.15, 0.2) is 48.8 Å². The highest BCUT2D eigenvalue weighted by Gasteiger charge is 2.20. The van der Waals surface area contributed by atoms with E-state index in [1.165, 1.54) is 0 Å². The van der Waals surface area contributed by atoms with Crippen molar-refractivity contribution in [1.82, 2.24) is 10.3 Å². The third-order valence-corrected chi connectivity index (χ3v) is 3.29. The summed E-state index contributed by atoms with van der Waals surface area (Å²) < 4.78 is 5.99. The van der Waals surface area contributed by atoms with E-state index in [4.69, 9.17) is 16.3 Å². The predicted octanol–water partition coefficient (Wildman–Crippen LogP) is 3.85. The summed E-state index contributed by atoms with van der Waals surface area (Å²) in [5.41, 5.74) is 1.11. The van der Waals surface area contributed by atoms with Gasteiger partial charge in [-0.25, -0.2) is 0 Å². The molecule has 2 aromatic rings. The summed E-state index contributed by atoms with van der Waals surface area (Å²) in [4.78, 5) is 4.17. The van der Waals surface area contributed by atoms with E-state index in [0.717, 1.165) is 17.9 Å². The third-order valence-electron chi connectivity index (χ3n) is 3.06. The molecule has 2 rings (SSSR count). The maximum absolute atomic E-state index is 5.99. The summed E-state index contributed by atoms with van der Waals surface area (Å²) in [6, 6.07) is 11.5. The molecule has 3 nitrogen and oxygen atoms in total. The van der Waals surface area contributed by atoms with Crippen molar-refractivity contribution in [3.8, 4) is 5.75 Å². The molecule has 0 bridgehead atoms. The number of nitrogens with zero attached hydrogens (tertiary/aromatic N) is 1. The van der Waals surface area contributed by atoms with Gasteiger partial charge < -0.3 is 10.1 Å². The van der Waals surface area contributed by atoms with Crippen LogP contribution in [0, 0.1) is 0 Å². The molecular formula is C16H19ClN2O. The first-order chi connectivity index (χ1) is 9.70. The van der Waals surface area contributed by atoms with Crippen LogP contribution in [0.2, 0.25) is 5.02 Å². The van der Waals surface area contributed by atoms with E-state index in [-0.39, 0.29) is 12.1 Å². The monoisotopic (exact) mass is 290 g/mol. The van der Waals surface area contributed by atoms with Gasteiger partial charge in [0.25, 0.3) is 0 Å². The molecule has 1 aromatic carbocycles. The lowest BCUT2D eigenvalue weighted by Crippen LogP contribution is -2.33. The average Bonchev–Trinajstić information content (AvgIpc) is 2.45. The lowest BCUT2D eigenvalue weighted by atomic mass is 10.0. The van der Waals surface area contributed by atoms with E-state index in [0.29, 0.717) is 5.02 Å².